The third-order valence-corrected chi connectivity index (χ3v) is 3.07. The molecule has 0 fully saturated rings. The largest absolute Gasteiger partial charge is 0.497 e. The van der Waals surface area contributed by atoms with Crippen molar-refractivity contribution in [2.24, 2.45) is 11.7 Å². The maximum Gasteiger partial charge on any atom is 0.119 e. The lowest BCUT2D eigenvalue weighted by Gasteiger charge is -2.33. The van der Waals surface area contributed by atoms with Gasteiger partial charge in [0, 0.05) is 19.3 Å². The summed E-state index contributed by atoms with van der Waals surface area (Å²) in [5.74, 6) is 1.49. The summed E-state index contributed by atoms with van der Waals surface area (Å²) in [6.07, 6.45) is 1.06. The number of nitrogens with two attached hydrogens (primary N) is 1. The minimum Gasteiger partial charge on any atom is -0.497 e. The fourth-order valence-electron chi connectivity index (χ4n) is 2.24. The van der Waals surface area contributed by atoms with Crippen LogP contribution in [0, 0.1) is 5.92 Å². The third kappa shape index (κ3) is 1.92. The lowest BCUT2D eigenvalue weighted by molar-refractivity contribution is 0.413. The highest BCUT2D eigenvalue weighted by molar-refractivity contribution is 5.57. The molecule has 1 unspecified atom stereocenters. The van der Waals surface area contributed by atoms with Gasteiger partial charge in [0.05, 0.1) is 7.11 Å². The van der Waals surface area contributed by atoms with Crippen LogP contribution in [0.2, 0.25) is 0 Å². The predicted molar refractivity (Wildman–Crippen MR) is 62.5 cm³/mol. The first kappa shape index (κ1) is 10.3. The highest BCUT2D eigenvalue weighted by Gasteiger charge is 2.21. The number of hydrogen-bond donors (Lipinski definition) is 1. The summed E-state index contributed by atoms with van der Waals surface area (Å²) in [5, 5.41) is 0. The van der Waals surface area contributed by atoms with E-state index in [0.717, 1.165) is 25.3 Å². The maximum absolute atomic E-state index is 5.74. The molecule has 3 heteroatoms. The van der Waals surface area contributed by atoms with Gasteiger partial charge in [-0.2, -0.15) is 0 Å². The molecule has 0 saturated heterocycles. The monoisotopic (exact) mass is 206 g/mol. The summed E-state index contributed by atoms with van der Waals surface area (Å²) < 4.78 is 5.23. The fourth-order valence-corrected chi connectivity index (χ4v) is 2.24. The van der Waals surface area contributed by atoms with Gasteiger partial charge < -0.3 is 15.4 Å². The summed E-state index contributed by atoms with van der Waals surface area (Å²) >= 11 is 0. The average molecular weight is 206 g/mol. The first-order valence-electron chi connectivity index (χ1n) is 5.32. The van der Waals surface area contributed by atoms with Gasteiger partial charge in [0.2, 0.25) is 0 Å². The van der Waals surface area contributed by atoms with Crippen LogP contribution in [-0.2, 0) is 6.42 Å². The summed E-state index contributed by atoms with van der Waals surface area (Å²) in [7, 11) is 3.82. The van der Waals surface area contributed by atoms with Gasteiger partial charge >= 0.3 is 0 Å². The average Bonchev–Trinajstić information content (AvgIpc) is 2.28. The molecule has 1 aliphatic rings. The molecular formula is C12H18N2O. The number of rotatable bonds is 2. The summed E-state index contributed by atoms with van der Waals surface area (Å²) in [6.45, 7) is 1.80. The fraction of sp³-hybridized carbons (Fsp3) is 0.500. The lowest BCUT2D eigenvalue weighted by atomic mass is 9.93. The van der Waals surface area contributed by atoms with E-state index in [0.29, 0.717) is 5.92 Å². The zero-order chi connectivity index (χ0) is 10.8. The molecular weight excluding hydrogens is 188 g/mol. The van der Waals surface area contributed by atoms with Crippen molar-refractivity contribution in [3.63, 3.8) is 0 Å². The van der Waals surface area contributed by atoms with Crippen LogP contribution in [0.4, 0.5) is 5.69 Å². The second kappa shape index (κ2) is 4.11. The predicted octanol–water partition coefficient (Wildman–Crippen LogP) is 1.26. The van der Waals surface area contributed by atoms with Crippen LogP contribution in [-0.4, -0.2) is 27.2 Å². The van der Waals surface area contributed by atoms with Gasteiger partial charge in [-0.25, -0.2) is 0 Å². The van der Waals surface area contributed by atoms with E-state index in [1.54, 1.807) is 7.11 Å². The molecule has 0 spiro atoms. The van der Waals surface area contributed by atoms with Gasteiger partial charge in [0.15, 0.2) is 0 Å². The molecule has 3 nitrogen and oxygen atoms in total. The number of nitrogens with zero attached hydrogens (tertiary/aromatic N) is 1. The molecule has 1 aromatic rings. The second-order valence-electron chi connectivity index (χ2n) is 4.18. The Balaban J connectivity index is 2.33. The van der Waals surface area contributed by atoms with Crippen molar-refractivity contribution in [2.45, 2.75) is 6.42 Å². The van der Waals surface area contributed by atoms with Crippen LogP contribution in [0.25, 0.3) is 0 Å². The van der Waals surface area contributed by atoms with Crippen LogP contribution in [0.1, 0.15) is 5.56 Å². The maximum atomic E-state index is 5.74. The van der Waals surface area contributed by atoms with Crippen molar-refractivity contribution in [3.8, 4) is 5.75 Å². The number of methoxy groups -OCH3 is 1. The molecule has 1 aromatic carbocycles. The summed E-state index contributed by atoms with van der Waals surface area (Å²) in [6, 6.07) is 6.26. The number of ether oxygens (including phenoxy) is 1. The van der Waals surface area contributed by atoms with Crippen molar-refractivity contribution in [2.75, 3.05) is 32.1 Å². The number of hydrogen-bond acceptors (Lipinski definition) is 3. The highest BCUT2D eigenvalue weighted by Crippen LogP contribution is 2.31. The zero-order valence-electron chi connectivity index (χ0n) is 9.36. The van der Waals surface area contributed by atoms with Gasteiger partial charge in [-0.1, -0.05) is 0 Å². The van der Waals surface area contributed by atoms with E-state index < -0.39 is 0 Å². The van der Waals surface area contributed by atoms with Crippen LogP contribution < -0.4 is 15.4 Å². The van der Waals surface area contributed by atoms with Gasteiger partial charge in [0.1, 0.15) is 5.75 Å². The van der Waals surface area contributed by atoms with Crippen molar-refractivity contribution in [1.29, 1.82) is 0 Å². The lowest BCUT2D eigenvalue weighted by Crippen LogP contribution is -2.36. The highest BCUT2D eigenvalue weighted by atomic mass is 16.5. The standard InChI is InChI=1S/C12H18N2O/c1-14-8-9(7-13)5-10-6-11(15-2)3-4-12(10)14/h3-4,6,9H,5,7-8,13H2,1-2H3. The molecule has 0 bridgehead atoms. The third-order valence-electron chi connectivity index (χ3n) is 3.07. The first-order valence-corrected chi connectivity index (χ1v) is 5.32. The van der Waals surface area contributed by atoms with E-state index in [2.05, 4.69) is 24.1 Å². The Labute approximate surface area is 90.8 Å². The quantitative estimate of drug-likeness (QED) is 0.791. The van der Waals surface area contributed by atoms with Gasteiger partial charge in [-0.05, 0) is 42.6 Å². The Morgan fingerprint density at radius 3 is 3.00 bits per heavy atom. The molecule has 0 radical (unpaired) electrons. The Hall–Kier alpha value is -1.22. The van der Waals surface area contributed by atoms with E-state index >= 15 is 0 Å². The first-order chi connectivity index (χ1) is 7.24. The normalized spacial score (nSPS) is 19.9. The Morgan fingerprint density at radius 2 is 2.33 bits per heavy atom. The van der Waals surface area contributed by atoms with E-state index in [9.17, 15) is 0 Å². The Morgan fingerprint density at radius 1 is 1.53 bits per heavy atom. The van der Waals surface area contributed by atoms with E-state index in [1.165, 1.54) is 11.3 Å². The molecule has 0 aliphatic carbocycles. The van der Waals surface area contributed by atoms with Gasteiger partial charge in [-0.3, -0.25) is 0 Å². The molecule has 1 heterocycles. The summed E-state index contributed by atoms with van der Waals surface area (Å²) in [5.41, 5.74) is 8.39. The minimum absolute atomic E-state index is 0.564. The molecule has 0 aromatic heterocycles. The Kier molecular flexibility index (Phi) is 2.82. The molecule has 1 aliphatic heterocycles. The van der Waals surface area contributed by atoms with E-state index in [4.69, 9.17) is 10.5 Å². The molecule has 2 N–H and O–H groups in total. The SMILES string of the molecule is COc1ccc2c(c1)CC(CN)CN2C. The van der Waals surface area contributed by atoms with Gasteiger partial charge in [0.25, 0.3) is 0 Å². The van der Waals surface area contributed by atoms with E-state index in [-0.39, 0.29) is 0 Å². The zero-order valence-corrected chi connectivity index (χ0v) is 9.36. The van der Waals surface area contributed by atoms with Crippen molar-refractivity contribution >= 4 is 5.69 Å². The van der Waals surface area contributed by atoms with Crippen LogP contribution in [0.3, 0.4) is 0 Å². The minimum atomic E-state index is 0.564. The van der Waals surface area contributed by atoms with Crippen LogP contribution in [0.5, 0.6) is 5.75 Å². The number of fused-ring (bicyclic) bond motifs is 1. The van der Waals surface area contributed by atoms with Crippen molar-refractivity contribution < 1.29 is 4.74 Å². The van der Waals surface area contributed by atoms with Crippen LogP contribution >= 0.6 is 0 Å². The van der Waals surface area contributed by atoms with E-state index in [1.807, 2.05) is 6.07 Å². The van der Waals surface area contributed by atoms with Crippen molar-refractivity contribution in [3.05, 3.63) is 23.8 Å². The Bertz CT molecular complexity index is 351. The number of benzene rings is 1. The summed E-state index contributed by atoms with van der Waals surface area (Å²) in [4.78, 5) is 2.27. The topological polar surface area (TPSA) is 38.5 Å². The van der Waals surface area contributed by atoms with Crippen molar-refractivity contribution in [1.82, 2.24) is 0 Å². The molecule has 15 heavy (non-hydrogen) atoms. The number of anilines is 1. The molecule has 2 rings (SSSR count). The molecule has 0 amide bonds. The van der Waals surface area contributed by atoms with Crippen LogP contribution in [0.15, 0.2) is 18.2 Å². The second-order valence-corrected chi connectivity index (χ2v) is 4.18. The smallest absolute Gasteiger partial charge is 0.119 e. The molecule has 82 valence electrons. The molecule has 1 atom stereocenters. The molecule has 0 saturated carbocycles. The van der Waals surface area contributed by atoms with Gasteiger partial charge in [-0.15, -0.1) is 0 Å².